The van der Waals surface area contributed by atoms with Gasteiger partial charge in [-0.15, -0.1) is 0 Å². The number of benzene rings is 2. The Bertz CT molecular complexity index is 558. The van der Waals surface area contributed by atoms with E-state index in [9.17, 15) is 8.78 Å². The maximum absolute atomic E-state index is 14.2. The Balaban J connectivity index is 1.99. The highest BCUT2D eigenvalue weighted by Gasteiger charge is 2.06. The molecule has 0 aliphatic heterocycles. The van der Waals surface area contributed by atoms with Crippen LogP contribution >= 0.6 is 0 Å². The summed E-state index contributed by atoms with van der Waals surface area (Å²) in [4.78, 5) is 0. The third-order valence-electron chi connectivity index (χ3n) is 3.75. The van der Waals surface area contributed by atoms with Gasteiger partial charge in [0.2, 0.25) is 0 Å². The van der Waals surface area contributed by atoms with Gasteiger partial charge in [-0.1, -0.05) is 54.8 Å². The van der Waals surface area contributed by atoms with Crippen LogP contribution in [0.1, 0.15) is 36.8 Å². The molecule has 0 nitrogen and oxygen atoms in total. The quantitative estimate of drug-likeness (QED) is 0.559. The minimum Gasteiger partial charge on any atom is -0.251 e. The molecular formula is C19H22F2. The van der Waals surface area contributed by atoms with E-state index in [1.807, 2.05) is 43.3 Å². The van der Waals surface area contributed by atoms with E-state index in [0.29, 0.717) is 12.0 Å². The molecule has 2 aromatic rings. The van der Waals surface area contributed by atoms with Gasteiger partial charge < -0.3 is 0 Å². The van der Waals surface area contributed by atoms with Gasteiger partial charge in [-0.25, -0.2) is 4.39 Å². The molecule has 21 heavy (non-hydrogen) atoms. The van der Waals surface area contributed by atoms with Crippen LogP contribution in [0.2, 0.25) is 0 Å². The zero-order valence-corrected chi connectivity index (χ0v) is 12.5. The summed E-state index contributed by atoms with van der Waals surface area (Å²) in [7, 11) is 0. The van der Waals surface area contributed by atoms with Crippen molar-refractivity contribution in [3.05, 3.63) is 59.4 Å². The summed E-state index contributed by atoms with van der Waals surface area (Å²) in [5.41, 5.74) is 3.75. The lowest BCUT2D eigenvalue weighted by molar-refractivity contribution is 0.453. The summed E-state index contributed by atoms with van der Waals surface area (Å²) in [6, 6.07) is 13.4. The lowest BCUT2D eigenvalue weighted by Gasteiger charge is -2.07. The first kappa shape index (κ1) is 15.7. The molecule has 0 heterocycles. The molecule has 0 amide bonds. The number of hydrogen-bond acceptors (Lipinski definition) is 0. The fourth-order valence-electron chi connectivity index (χ4n) is 2.46. The van der Waals surface area contributed by atoms with Crippen molar-refractivity contribution in [3.63, 3.8) is 0 Å². The van der Waals surface area contributed by atoms with Crippen LogP contribution in [0.3, 0.4) is 0 Å². The molecular weight excluding hydrogens is 266 g/mol. The molecule has 0 aliphatic carbocycles. The monoisotopic (exact) mass is 288 g/mol. The van der Waals surface area contributed by atoms with Gasteiger partial charge in [-0.3, -0.25) is 4.39 Å². The van der Waals surface area contributed by atoms with E-state index >= 15 is 0 Å². The highest BCUT2D eigenvalue weighted by Crippen LogP contribution is 2.24. The van der Waals surface area contributed by atoms with E-state index in [0.717, 1.165) is 36.8 Å². The molecule has 2 aromatic carbocycles. The zero-order chi connectivity index (χ0) is 15.1. The van der Waals surface area contributed by atoms with Gasteiger partial charge in [-0.05, 0) is 43.4 Å². The summed E-state index contributed by atoms with van der Waals surface area (Å²) < 4.78 is 26.2. The van der Waals surface area contributed by atoms with Crippen molar-refractivity contribution in [3.8, 4) is 11.1 Å². The van der Waals surface area contributed by atoms with Crippen molar-refractivity contribution >= 4 is 0 Å². The number of alkyl halides is 1. The maximum Gasteiger partial charge on any atom is 0.131 e. The Hall–Kier alpha value is -1.70. The molecule has 0 aromatic heterocycles. The van der Waals surface area contributed by atoms with Gasteiger partial charge >= 0.3 is 0 Å². The van der Waals surface area contributed by atoms with Crippen LogP contribution in [0, 0.1) is 12.7 Å². The number of aryl methyl sites for hydroxylation is 2. The third kappa shape index (κ3) is 4.66. The van der Waals surface area contributed by atoms with Gasteiger partial charge in [0.15, 0.2) is 0 Å². The first-order valence-electron chi connectivity index (χ1n) is 7.62. The van der Waals surface area contributed by atoms with Crippen molar-refractivity contribution in [2.45, 2.75) is 39.0 Å². The largest absolute Gasteiger partial charge is 0.251 e. The lowest BCUT2D eigenvalue weighted by atomic mass is 10.00. The van der Waals surface area contributed by atoms with Crippen LogP contribution < -0.4 is 0 Å². The maximum atomic E-state index is 14.2. The Morgan fingerprint density at radius 1 is 0.857 bits per heavy atom. The highest BCUT2D eigenvalue weighted by molar-refractivity contribution is 5.64. The molecule has 0 aliphatic rings. The smallest absolute Gasteiger partial charge is 0.131 e. The van der Waals surface area contributed by atoms with E-state index < -0.39 is 0 Å². The third-order valence-corrected chi connectivity index (χ3v) is 3.75. The average Bonchev–Trinajstić information content (AvgIpc) is 2.48. The summed E-state index contributed by atoms with van der Waals surface area (Å²) >= 11 is 0. The second kappa shape index (κ2) is 7.92. The predicted octanol–water partition coefficient (Wildman–Crippen LogP) is 5.87. The fraction of sp³-hybridized carbons (Fsp3) is 0.368. The van der Waals surface area contributed by atoms with Crippen LogP contribution in [0.4, 0.5) is 8.78 Å². The van der Waals surface area contributed by atoms with E-state index in [2.05, 4.69) is 0 Å². The van der Waals surface area contributed by atoms with Gasteiger partial charge in [0.1, 0.15) is 5.82 Å². The topological polar surface area (TPSA) is 0 Å². The predicted molar refractivity (Wildman–Crippen MR) is 84.7 cm³/mol. The Labute approximate surface area is 125 Å². The van der Waals surface area contributed by atoms with Crippen LogP contribution in [0.5, 0.6) is 0 Å². The number of rotatable bonds is 7. The molecule has 0 spiro atoms. The average molecular weight is 288 g/mol. The van der Waals surface area contributed by atoms with Crippen LogP contribution in [-0.2, 0) is 6.42 Å². The molecule has 0 saturated carbocycles. The van der Waals surface area contributed by atoms with Crippen LogP contribution in [0.25, 0.3) is 11.1 Å². The van der Waals surface area contributed by atoms with Gasteiger partial charge in [0.05, 0.1) is 6.67 Å². The molecule has 0 N–H and O–H groups in total. The highest BCUT2D eigenvalue weighted by atomic mass is 19.1. The van der Waals surface area contributed by atoms with Gasteiger partial charge in [0, 0.05) is 5.56 Å². The number of hydrogen-bond donors (Lipinski definition) is 0. The van der Waals surface area contributed by atoms with Crippen molar-refractivity contribution in [2.75, 3.05) is 6.67 Å². The molecule has 0 bridgehead atoms. The molecule has 0 saturated heterocycles. The molecule has 0 radical (unpaired) electrons. The molecule has 112 valence electrons. The van der Waals surface area contributed by atoms with Crippen molar-refractivity contribution in [1.82, 2.24) is 0 Å². The lowest BCUT2D eigenvalue weighted by Crippen LogP contribution is -1.91. The van der Waals surface area contributed by atoms with Gasteiger partial charge in [-0.2, -0.15) is 0 Å². The fourth-order valence-corrected chi connectivity index (χ4v) is 2.46. The van der Waals surface area contributed by atoms with E-state index in [-0.39, 0.29) is 12.5 Å². The Kier molecular flexibility index (Phi) is 5.91. The van der Waals surface area contributed by atoms with E-state index in [1.165, 1.54) is 5.56 Å². The Morgan fingerprint density at radius 2 is 1.57 bits per heavy atom. The first-order chi connectivity index (χ1) is 10.2. The molecule has 0 unspecified atom stereocenters. The summed E-state index contributed by atoms with van der Waals surface area (Å²) in [6.45, 7) is 1.78. The SMILES string of the molecule is Cc1ccc(-c2ccc(CCCCCCF)cc2F)cc1. The minimum absolute atomic E-state index is 0.167. The Morgan fingerprint density at radius 3 is 2.24 bits per heavy atom. The van der Waals surface area contributed by atoms with Gasteiger partial charge in [0.25, 0.3) is 0 Å². The second-order valence-electron chi connectivity index (χ2n) is 5.53. The van der Waals surface area contributed by atoms with E-state index in [1.54, 1.807) is 6.07 Å². The summed E-state index contributed by atoms with van der Waals surface area (Å²) in [5, 5.41) is 0. The van der Waals surface area contributed by atoms with Crippen molar-refractivity contribution < 1.29 is 8.78 Å². The van der Waals surface area contributed by atoms with Crippen molar-refractivity contribution in [2.24, 2.45) is 0 Å². The first-order valence-corrected chi connectivity index (χ1v) is 7.62. The molecule has 2 heteroatoms. The van der Waals surface area contributed by atoms with Crippen LogP contribution in [0.15, 0.2) is 42.5 Å². The van der Waals surface area contributed by atoms with Crippen LogP contribution in [-0.4, -0.2) is 6.67 Å². The standard InChI is InChI=1S/C19H22F2/c1-15-7-10-17(11-8-15)18-12-9-16(14-19(18)21)6-4-2-3-5-13-20/h7-12,14H,2-6,13H2,1H3. The zero-order valence-electron chi connectivity index (χ0n) is 12.5. The number of unbranched alkanes of at least 4 members (excludes halogenated alkanes) is 3. The minimum atomic E-state index is -0.236. The molecule has 0 fully saturated rings. The number of halogens is 2. The second-order valence-corrected chi connectivity index (χ2v) is 5.53. The summed E-state index contributed by atoms with van der Waals surface area (Å²) in [5.74, 6) is -0.167. The van der Waals surface area contributed by atoms with Crippen molar-refractivity contribution in [1.29, 1.82) is 0 Å². The normalized spacial score (nSPS) is 10.8. The summed E-state index contributed by atoms with van der Waals surface area (Å²) in [6.07, 6.45) is 4.41. The van der Waals surface area contributed by atoms with E-state index in [4.69, 9.17) is 0 Å². The molecule has 0 atom stereocenters. The molecule has 2 rings (SSSR count).